The summed E-state index contributed by atoms with van der Waals surface area (Å²) in [6.07, 6.45) is 0.175. The molecule has 11 heteroatoms. The van der Waals surface area contributed by atoms with Gasteiger partial charge in [-0.05, 0) is 87.4 Å². The van der Waals surface area contributed by atoms with Crippen molar-refractivity contribution in [2.45, 2.75) is 57.1 Å². The van der Waals surface area contributed by atoms with Gasteiger partial charge in [-0.15, -0.1) is 0 Å². The molecule has 1 atom stereocenters. The lowest BCUT2D eigenvalue weighted by atomic mass is 10.0. The van der Waals surface area contributed by atoms with Crippen LogP contribution in [0.2, 0.25) is 10.0 Å². The van der Waals surface area contributed by atoms with Crippen molar-refractivity contribution < 1.29 is 22.7 Å². The zero-order valence-electron chi connectivity index (χ0n) is 26.8. The smallest absolute Gasteiger partial charge is 0.264 e. The van der Waals surface area contributed by atoms with Gasteiger partial charge in [-0.25, -0.2) is 8.42 Å². The van der Waals surface area contributed by atoms with Crippen LogP contribution in [-0.2, 0) is 32.6 Å². The average Bonchev–Trinajstić information content (AvgIpc) is 3.03. The topological polar surface area (TPSA) is 96.0 Å². The van der Waals surface area contributed by atoms with E-state index in [0.717, 1.165) is 9.87 Å². The molecule has 0 aliphatic heterocycles. The van der Waals surface area contributed by atoms with Crippen LogP contribution in [0.1, 0.15) is 38.8 Å². The highest BCUT2D eigenvalue weighted by Gasteiger charge is 2.36. The minimum absolute atomic E-state index is 0.0142. The third-order valence-corrected chi connectivity index (χ3v) is 9.55. The Bertz CT molecular complexity index is 1760. The van der Waals surface area contributed by atoms with Gasteiger partial charge in [0.05, 0.1) is 17.2 Å². The number of halogens is 2. The van der Waals surface area contributed by atoms with E-state index < -0.39 is 40.0 Å². The lowest BCUT2D eigenvalue weighted by Crippen LogP contribution is -2.56. The molecule has 0 aliphatic carbocycles. The monoisotopic (exact) mass is 695 g/mol. The summed E-state index contributed by atoms with van der Waals surface area (Å²) >= 11 is 12.8. The molecule has 1 N–H and O–H groups in total. The SMILES string of the molecule is CCOc1ccc(N(CC(=O)N(Cc2ccc(Cl)cc2Cl)[C@H](Cc2ccccc2)C(=O)NC(C)(C)C)S(=O)(=O)c2ccccc2)cc1. The molecule has 4 aromatic carbocycles. The van der Waals surface area contributed by atoms with E-state index in [-0.39, 0.29) is 23.5 Å². The number of carbonyl (C=O) groups is 2. The van der Waals surface area contributed by atoms with Gasteiger partial charge in [0.25, 0.3) is 10.0 Å². The molecule has 8 nitrogen and oxygen atoms in total. The fourth-order valence-corrected chi connectivity index (χ4v) is 6.87. The molecule has 0 aromatic heterocycles. The molecule has 248 valence electrons. The third-order valence-electron chi connectivity index (χ3n) is 7.17. The van der Waals surface area contributed by atoms with Crippen LogP contribution in [0.5, 0.6) is 5.75 Å². The van der Waals surface area contributed by atoms with E-state index in [2.05, 4.69) is 5.32 Å². The minimum Gasteiger partial charge on any atom is -0.494 e. The molecule has 0 spiro atoms. The highest BCUT2D eigenvalue weighted by atomic mass is 35.5. The Balaban J connectivity index is 1.83. The van der Waals surface area contributed by atoms with E-state index in [0.29, 0.717) is 28.0 Å². The Hall–Kier alpha value is -4.05. The number of sulfonamides is 1. The van der Waals surface area contributed by atoms with Crippen molar-refractivity contribution in [3.8, 4) is 5.75 Å². The zero-order chi connectivity index (χ0) is 34.2. The maximum absolute atomic E-state index is 14.6. The van der Waals surface area contributed by atoms with E-state index in [1.54, 1.807) is 60.7 Å². The minimum atomic E-state index is -4.23. The van der Waals surface area contributed by atoms with Crippen molar-refractivity contribution in [3.05, 3.63) is 124 Å². The molecule has 47 heavy (non-hydrogen) atoms. The molecule has 0 saturated carbocycles. The first kappa shape index (κ1) is 35.8. The molecular weight excluding hydrogens is 657 g/mol. The largest absolute Gasteiger partial charge is 0.494 e. The summed E-state index contributed by atoms with van der Waals surface area (Å²) in [5.41, 5.74) is 1.02. The van der Waals surface area contributed by atoms with Crippen LogP contribution in [0.4, 0.5) is 5.69 Å². The number of hydrogen-bond donors (Lipinski definition) is 1. The van der Waals surface area contributed by atoms with Crippen LogP contribution >= 0.6 is 23.2 Å². The van der Waals surface area contributed by atoms with Gasteiger partial charge in [-0.2, -0.15) is 0 Å². The predicted molar refractivity (Wildman–Crippen MR) is 187 cm³/mol. The Labute approximate surface area is 287 Å². The number of rotatable bonds is 13. The predicted octanol–water partition coefficient (Wildman–Crippen LogP) is 7.14. The second-order valence-electron chi connectivity index (χ2n) is 12.0. The number of carbonyl (C=O) groups excluding carboxylic acids is 2. The summed E-state index contributed by atoms with van der Waals surface area (Å²) < 4.78 is 34.9. The summed E-state index contributed by atoms with van der Waals surface area (Å²) in [4.78, 5) is 30.0. The molecule has 0 heterocycles. The number of hydrogen-bond acceptors (Lipinski definition) is 5. The third kappa shape index (κ3) is 9.73. The first-order chi connectivity index (χ1) is 22.3. The van der Waals surface area contributed by atoms with Crippen molar-refractivity contribution in [1.29, 1.82) is 0 Å². The number of amides is 2. The second kappa shape index (κ2) is 15.7. The van der Waals surface area contributed by atoms with Crippen LogP contribution < -0.4 is 14.4 Å². The highest BCUT2D eigenvalue weighted by molar-refractivity contribution is 7.92. The number of nitrogens with one attached hydrogen (secondary N) is 1. The van der Waals surface area contributed by atoms with Crippen LogP contribution in [0.25, 0.3) is 0 Å². The van der Waals surface area contributed by atoms with Crippen molar-refractivity contribution in [3.63, 3.8) is 0 Å². The molecule has 4 aromatic rings. The van der Waals surface area contributed by atoms with Gasteiger partial charge in [0, 0.05) is 28.5 Å². The molecule has 0 aliphatic rings. The number of benzene rings is 4. The summed E-state index contributed by atoms with van der Waals surface area (Å²) in [7, 11) is -4.23. The van der Waals surface area contributed by atoms with Crippen LogP contribution in [0.3, 0.4) is 0 Å². The first-order valence-electron chi connectivity index (χ1n) is 15.2. The molecule has 0 unspecified atom stereocenters. The summed E-state index contributed by atoms with van der Waals surface area (Å²) in [5, 5.41) is 3.74. The molecule has 0 saturated heterocycles. The van der Waals surface area contributed by atoms with Crippen molar-refractivity contribution in [2.75, 3.05) is 17.5 Å². The quantitative estimate of drug-likeness (QED) is 0.160. The Morgan fingerprint density at radius 3 is 2.06 bits per heavy atom. The van der Waals surface area contributed by atoms with E-state index in [9.17, 15) is 18.0 Å². The zero-order valence-corrected chi connectivity index (χ0v) is 29.1. The number of ether oxygens (including phenoxy) is 1. The lowest BCUT2D eigenvalue weighted by Gasteiger charge is -2.35. The van der Waals surface area contributed by atoms with Crippen molar-refractivity contribution in [2.24, 2.45) is 0 Å². The maximum atomic E-state index is 14.6. The molecule has 0 radical (unpaired) electrons. The highest BCUT2D eigenvalue weighted by Crippen LogP contribution is 2.28. The van der Waals surface area contributed by atoms with E-state index in [1.165, 1.54) is 17.0 Å². The lowest BCUT2D eigenvalue weighted by molar-refractivity contribution is -0.140. The summed E-state index contributed by atoms with van der Waals surface area (Å²) in [6, 6.07) is 27.6. The van der Waals surface area contributed by atoms with E-state index >= 15 is 0 Å². The molecule has 4 rings (SSSR count). The maximum Gasteiger partial charge on any atom is 0.264 e. The normalized spacial score (nSPS) is 12.2. The molecular formula is C36H39Cl2N3O5S. The van der Waals surface area contributed by atoms with E-state index in [1.807, 2.05) is 58.0 Å². The van der Waals surface area contributed by atoms with Crippen molar-refractivity contribution in [1.82, 2.24) is 10.2 Å². The van der Waals surface area contributed by atoms with Gasteiger partial charge in [-0.3, -0.25) is 13.9 Å². The fraction of sp³-hybridized carbons (Fsp3) is 0.278. The van der Waals surface area contributed by atoms with Crippen molar-refractivity contribution >= 4 is 50.7 Å². The Morgan fingerprint density at radius 2 is 1.49 bits per heavy atom. The summed E-state index contributed by atoms with van der Waals surface area (Å²) in [5.74, 6) is -0.437. The van der Waals surface area contributed by atoms with Gasteiger partial charge in [0.15, 0.2) is 0 Å². The molecule has 0 fully saturated rings. The standard InChI is InChI=1S/C36H39Cl2N3O5S/c1-5-46-30-20-18-29(19-21-30)41(47(44,45)31-14-10-7-11-15-31)25-34(42)40(24-27-16-17-28(37)23-32(27)38)33(35(43)39-36(2,3)4)22-26-12-8-6-9-13-26/h6-21,23,33H,5,22,24-25H2,1-4H3,(H,39,43)/t33-/m1/s1. The average molecular weight is 697 g/mol. The van der Waals surface area contributed by atoms with Crippen LogP contribution in [0.15, 0.2) is 108 Å². The van der Waals surface area contributed by atoms with Gasteiger partial charge >= 0.3 is 0 Å². The van der Waals surface area contributed by atoms with Crippen LogP contribution in [0, 0.1) is 0 Å². The fourth-order valence-electron chi connectivity index (χ4n) is 4.96. The summed E-state index contributed by atoms with van der Waals surface area (Å²) in [6.45, 7) is 7.18. The van der Waals surface area contributed by atoms with Gasteiger partial charge < -0.3 is 15.0 Å². The van der Waals surface area contributed by atoms with Gasteiger partial charge in [-0.1, -0.05) is 77.8 Å². The van der Waals surface area contributed by atoms with Gasteiger partial charge in [0.2, 0.25) is 11.8 Å². The number of nitrogens with zero attached hydrogens (tertiary/aromatic N) is 2. The van der Waals surface area contributed by atoms with Gasteiger partial charge in [0.1, 0.15) is 18.3 Å². The first-order valence-corrected chi connectivity index (χ1v) is 17.4. The molecule has 0 bridgehead atoms. The second-order valence-corrected chi connectivity index (χ2v) is 14.7. The Kier molecular flexibility index (Phi) is 12.0. The van der Waals surface area contributed by atoms with Crippen LogP contribution in [-0.4, -0.2) is 49.9 Å². The molecule has 2 amide bonds. The Morgan fingerprint density at radius 1 is 0.872 bits per heavy atom. The number of anilines is 1. The van der Waals surface area contributed by atoms with E-state index in [4.69, 9.17) is 27.9 Å².